The summed E-state index contributed by atoms with van der Waals surface area (Å²) in [6.45, 7) is 1.59. The Hall–Kier alpha value is -2.38. The molecule has 3 aromatic carbocycles. The average Bonchev–Trinajstić information content (AvgIpc) is 2.81. The number of nitrogens with one attached hydrogen (secondary N) is 1. The minimum atomic E-state index is -3.91. The Labute approximate surface area is 205 Å². The van der Waals surface area contributed by atoms with Gasteiger partial charge < -0.3 is 5.32 Å². The van der Waals surface area contributed by atoms with Crippen molar-refractivity contribution in [1.82, 2.24) is 9.62 Å². The molecule has 0 aliphatic rings. The van der Waals surface area contributed by atoms with E-state index in [0.717, 1.165) is 17.1 Å². The number of hydrogen-bond acceptors (Lipinski definition) is 3. The van der Waals surface area contributed by atoms with E-state index in [0.29, 0.717) is 15.6 Å². The zero-order valence-electron chi connectivity index (χ0n) is 18.2. The number of carbonyl (C=O) groups excluding carboxylic acids is 1. The highest BCUT2D eigenvalue weighted by atomic mass is 35.5. The molecule has 0 spiro atoms. The molecule has 0 saturated heterocycles. The van der Waals surface area contributed by atoms with Gasteiger partial charge in [-0.05, 0) is 55.2 Å². The van der Waals surface area contributed by atoms with Crippen LogP contribution in [0.1, 0.15) is 24.5 Å². The van der Waals surface area contributed by atoms with Crippen LogP contribution in [0.3, 0.4) is 0 Å². The molecule has 0 radical (unpaired) electrons. The lowest BCUT2D eigenvalue weighted by atomic mass is 10.1. The second-order valence-corrected chi connectivity index (χ2v) is 10.6. The normalized spacial score (nSPS) is 12.5. The Kier molecular flexibility index (Phi) is 8.92. The minimum absolute atomic E-state index is 0.0140. The maximum atomic E-state index is 13.3. The Bertz CT molecular complexity index is 1170. The SMILES string of the molecule is C[C@@H](CCc1ccccc1)NC(=O)CN(Cc1ccc(Cl)c(Cl)c1)S(=O)(=O)c1ccccc1. The molecule has 0 fully saturated rings. The zero-order chi connectivity index (χ0) is 23.8. The molecular weight excluding hydrogens is 479 g/mol. The second kappa shape index (κ2) is 11.7. The quantitative estimate of drug-likeness (QED) is 0.406. The summed E-state index contributed by atoms with van der Waals surface area (Å²) in [5.74, 6) is -0.366. The number of rotatable bonds is 10. The van der Waals surface area contributed by atoms with Gasteiger partial charge in [0.05, 0.1) is 21.5 Å². The highest BCUT2D eigenvalue weighted by molar-refractivity contribution is 7.89. The van der Waals surface area contributed by atoms with Gasteiger partial charge in [-0.15, -0.1) is 0 Å². The van der Waals surface area contributed by atoms with Gasteiger partial charge in [0.2, 0.25) is 15.9 Å². The van der Waals surface area contributed by atoms with Crippen LogP contribution in [-0.2, 0) is 27.8 Å². The molecule has 3 rings (SSSR count). The fourth-order valence-electron chi connectivity index (χ4n) is 3.39. The molecule has 0 aromatic heterocycles. The summed E-state index contributed by atoms with van der Waals surface area (Å²) >= 11 is 12.1. The summed E-state index contributed by atoms with van der Waals surface area (Å²) in [6.07, 6.45) is 1.56. The highest BCUT2D eigenvalue weighted by Gasteiger charge is 2.27. The lowest BCUT2D eigenvalue weighted by Crippen LogP contribution is -2.43. The van der Waals surface area contributed by atoms with Crippen molar-refractivity contribution in [2.24, 2.45) is 0 Å². The first-order valence-electron chi connectivity index (χ1n) is 10.6. The molecule has 1 atom stereocenters. The number of hydrogen-bond donors (Lipinski definition) is 1. The highest BCUT2D eigenvalue weighted by Crippen LogP contribution is 2.25. The van der Waals surface area contributed by atoms with E-state index >= 15 is 0 Å². The van der Waals surface area contributed by atoms with Crippen LogP contribution in [0.5, 0.6) is 0 Å². The van der Waals surface area contributed by atoms with E-state index in [2.05, 4.69) is 5.32 Å². The van der Waals surface area contributed by atoms with Gasteiger partial charge in [-0.2, -0.15) is 4.31 Å². The molecular formula is C25H26Cl2N2O3S. The topological polar surface area (TPSA) is 66.5 Å². The summed E-state index contributed by atoms with van der Waals surface area (Å²) in [7, 11) is -3.91. The third-order valence-corrected chi connectivity index (χ3v) is 7.71. The number of nitrogens with zero attached hydrogens (tertiary/aromatic N) is 1. The molecule has 174 valence electrons. The third kappa shape index (κ3) is 7.30. The van der Waals surface area contributed by atoms with E-state index in [-0.39, 0.29) is 29.9 Å². The molecule has 0 saturated carbocycles. The van der Waals surface area contributed by atoms with Crippen molar-refractivity contribution < 1.29 is 13.2 Å². The van der Waals surface area contributed by atoms with Gasteiger partial charge in [-0.1, -0.05) is 77.8 Å². The van der Waals surface area contributed by atoms with E-state index in [1.807, 2.05) is 37.3 Å². The number of aryl methyl sites for hydroxylation is 1. The van der Waals surface area contributed by atoms with Crippen LogP contribution in [0.15, 0.2) is 83.8 Å². The van der Waals surface area contributed by atoms with Crippen LogP contribution >= 0.6 is 23.2 Å². The molecule has 0 bridgehead atoms. The van der Waals surface area contributed by atoms with Crippen molar-refractivity contribution in [3.05, 3.63) is 100 Å². The third-order valence-electron chi connectivity index (χ3n) is 5.16. The van der Waals surface area contributed by atoms with E-state index in [9.17, 15) is 13.2 Å². The predicted octanol–water partition coefficient (Wildman–Crippen LogP) is 5.32. The van der Waals surface area contributed by atoms with E-state index < -0.39 is 10.0 Å². The fourth-order valence-corrected chi connectivity index (χ4v) is 5.12. The van der Waals surface area contributed by atoms with Crippen molar-refractivity contribution in [3.8, 4) is 0 Å². The van der Waals surface area contributed by atoms with Crippen LogP contribution < -0.4 is 5.32 Å². The molecule has 0 aliphatic heterocycles. The molecule has 0 heterocycles. The van der Waals surface area contributed by atoms with Gasteiger partial charge >= 0.3 is 0 Å². The zero-order valence-corrected chi connectivity index (χ0v) is 20.6. The van der Waals surface area contributed by atoms with Gasteiger partial charge in [-0.3, -0.25) is 4.79 Å². The first-order chi connectivity index (χ1) is 15.8. The van der Waals surface area contributed by atoms with Crippen LogP contribution in [0.4, 0.5) is 0 Å². The fraction of sp³-hybridized carbons (Fsp3) is 0.240. The summed E-state index contributed by atoms with van der Waals surface area (Å²) < 4.78 is 27.8. The van der Waals surface area contributed by atoms with Crippen molar-refractivity contribution in [1.29, 1.82) is 0 Å². The Morgan fingerprint density at radius 3 is 2.18 bits per heavy atom. The predicted molar refractivity (Wildman–Crippen MR) is 133 cm³/mol. The smallest absolute Gasteiger partial charge is 0.243 e. The van der Waals surface area contributed by atoms with Gasteiger partial charge in [0, 0.05) is 12.6 Å². The molecule has 0 unspecified atom stereocenters. The first-order valence-corrected chi connectivity index (χ1v) is 12.8. The molecule has 5 nitrogen and oxygen atoms in total. The summed E-state index contributed by atoms with van der Waals surface area (Å²) in [6, 6.07) is 22.9. The summed E-state index contributed by atoms with van der Waals surface area (Å²) in [4.78, 5) is 12.9. The average molecular weight is 505 g/mol. The standard InChI is InChI=1S/C25H26Cl2N2O3S/c1-19(12-13-20-8-4-2-5-9-20)28-25(30)18-29(17-21-14-15-23(26)24(27)16-21)33(31,32)22-10-6-3-7-11-22/h2-11,14-16,19H,12-13,17-18H2,1H3,(H,28,30)/t19-/m0/s1. The summed E-state index contributed by atoms with van der Waals surface area (Å²) in [5.41, 5.74) is 1.82. The van der Waals surface area contributed by atoms with E-state index in [4.69, 9.17) is 23.2 Å². The van der Waals surface area contributed by atoms with Gasteiger partial charge in [0.25, 0.3) is 0 Å². The lowest BCUT2D eigenvalue weighted by molar-refractivity contribution is -0.122. The number of carbonyl (C=O) groups is 1. The maximum absolute atomic E-state index is 13.3. The van der Waals surface area contributed by atoms with Crippen molar-refractivity contribution in [2.75, 3.05) is 6.54 Å². The van der Waals surface area contributed by atoms with Crippen LogP contribution in [-0.4, -0.2) is 31.2 Å². The Morgan fingerprint density at radius 2 is 1.55 bits per heavy atom. The lowest BCUT2D eigenvalue weighted by Gasteiger charge is -2.23. The van der Waals surface area contributed by atoms with E-state index in [1.165, 1.54) is 17.7 Å². The largest absolute Gasteiger partial charge is 0.352 e. The van der Waals surface area contributed by atoms with E-state index in [1.54, 1.807) is 36.4 Å². The maximum Gasteiger partial charge on any atom is 0.243 e. The summed E-state index contributed by atoms with van der Waals surface area (Å²) in [5, 5.41) is 3.62. The second-order valence-electron chi connectivity index (χ2n) is 7.83. The van der Waals surface area contributed by atoms with Gasteiger partial charge in [0.1, 0.15) is 0 Å². The van der Waals surface area contributed by atoms with Gasteiger partial charge in [-0.25, -0.2) is 8.42 Å². The number of benzene rings is 3. The molecule has 8 heteroatoms. The van der Waals surface area contributed by atoms with Crippen molar-refractivity contribution >= 4 is 39.1 Å². The van der Waals surface area contributed by atoms with Crippen LogP contribution in [0.2, 0.25) is 10.0 Å². The Balaban J connectivity index is 1.72. The van der Waals surface area contributed by atoms with Crippen molar-refractivity contribution in [3.63, 3.8) is 0 Å². The van der Waals surface area contributed by atoms with Crippen molar-refractivity contribution in [2.45, 2.75) is 37.2 Å². The molecule has 0 aliphatic carbocycles. The molecule has 3 aromatic rings. The Morgan fingerprint density at radius 1 is 0.909 bits per heavy atom. The number of halogens is 2. The number of amides is 1. The molecule has 1 amide bonds. The molecule has 33 heavy (non-hydrogen) atoms. The first kappa shape index (κ1) is 25.2. The monoisotopic (exact) mass is 504 g/mol. The van der Waals surface area contributed by atoms with Crippen LogP contribution in [0.25, 0.3) is 0 Å². The minimum Gasteiger partial charge on any atom is -0.352 e. The number of sulfonamides is 1. The molecule has 1 N–H and O–H groups in total. The van der Waals surface area contributed by atoms with Gasteiger partial charge in [0.15, 0.2) is 0 Å². The van der Waals surface area contributed by atoms with Crippen LogP contribution in [0, 0.1) is 0 Å².